The predicted octanol–water partition coefficient (Wildman–Crippen LogP) is 5.15. The van der Waals surface area contributed by atoms with Crippen molar-refractivity contribution in [2.45, 2.75) is 20.4 Å². The van der Waals surface area contributed by atoms with Gasteiger partial charge in [0.15, 0.2) is 5.82 Å². The number of nitrogens with one attached hydrogen (secondary N) is 2. The van der Waals surface area contributed by atoms with Crippen molar-refractivity contribution in [1.82, 2.24) is 35.2 Å². The zero-order valence-electron chi connectivity index (χ0n) is 19.0. The summed E-state index contributed by atoms with van der Waals surface area (Å²) in [5.41, 5.74) is 7.48. The Bertz CT molecular complexity index is 1780. The predicted molar refractivity (Wildman–Crippen MR) is 139 cm³/mol. The van der Waals surface area contributed by atoms with Crippen LogP contribution in [0.3, 0.4) is 0 Å². The van der Waals surface area contributed by atoms with Crippen LogP contribution in [0.2, 0.25) is 0 Å². The molecule has 8 nitrogen and oxygen atoms in total. The van der Waals surface area contributed by atoms with Crippen LogP contribution in [0, 0.1) is 13.8 Å². The molecule has 172 valence electrons. The lowest BCUT2D eigenvalue weighted by Gasteiger charge is -2.12. The molecule has 0 unspecified atom stereocenters. The molecule has 0 aliphatic heterocycles. The van der Waals surface area contributed by atoms with Crippen LogP contribution >= 0.6 is 15.9 Å². The highest BCUT2D eigenvalue weighted by atomic mass is 79.9. The molecule has 35 heavy (non-hydrogen) atoms. The third-order valence-corrected chi connectivity index (χ3v) is 7.07. The lowest BCUT2D eigenvalue weighted by atomic mass is 10.0. The van der Waals surface area contributed by atoms with Crippen LogP contribution < -0.4 is 5.56 Å². The number of halogens is 1. The molecule has 2 aromatic carbocycles. The molecule has 4 aromatic heterocycles. The molecule has 6 aromatic rings. The summed E-state index contributed by atoms with van der Waals surface area (Å²) in [6, 6.07) is 19.6. The van der Waals surface area contributed by atoms with Gasteiger partial charge < -0.3 is 9.55 Å². The summed E-state index contributed by atoms with van der Waals surface area (Å²) in [4.78, 5) is 20.9. The van der Waals surface area contributed by atoms with E-state index < -0.39 is 0 Å². The minimum Gasteiger partial charge on any atom is -0.354 e. The molecule has 0 saturated heterocycles. The van der Waals surface area contributed by atoms with Gasteiger partial charge in [0.2, 0.25) is 0 Å². The summed E-state index contributed by atoms with van der Waals surface area (Å²) in [5.74, 6) is 0.599. The number of fused-ring (bicyclic) bond motifs is 2. The molecule has 0 amide bonds. The van der Waals surface area contributed by atoms with Gasteiger partial charge in [0.05, 0.1) is 22.2 Å². The van der Waals surface area contributed by atoms with Gasteiger partial charge in [-0.25, -0.2) is 5.10 Å². The van der Waals surface area contributed by atoms with Crippen molar-refractivity contribution in [2.75, 3.05) is 0 Å². The summed E-state index contributed by atoms with van der Waals surface area (Å²) in [6.45, 7) is 4.38. The smallest absolute Gasteiger partial charge is 0.251 e. The average molecular weight is 526 g/mol. The number of nitrogens with zero attached hydrogens (tertiary/aromatic N) is 5. The van der Waals surface area contributed by atoms with E-state index in [1.54, 1.807) is 6.07 Å². The molecule has 0 spiro atoms. The summed E-state index contributed by atoms with van der Waals surface area (Å²) >= 11 is 3.81. The Morgan fingerprint density at radius 3 is 2.60 bits per heavy atom. The Morgan fingerprint density at radius 2 is 1.80 bits per heavy atom. The highest BCUT2D eigenvalue weighted by Crippen LogP contribution is 2.39. The zero-order valence-corrected chi connectivity index (χ0v) is 20.6. The highest BCUT2D eigenvalue weighted by molar-refractivity contribution is 9.10. The Balaban J connectivity index is 1.46. The van der Waals surface area contributed by atoms with E-state index in [9.17, 15) is 4.79 Å². The molecule has 9 heteroatoms. The maximum Gasteiger partial charge on any atom is 0.251 e. The van der Waals surface area contributed by atoms with Gasteiger partial charge in [0, 0.05) is 44.9 Å². The minimum atomic E-state index is -0.0361. The molecule has 6 rings (SSSR count). The summed E-state index contributed by atoms with van der Waals surface area (Å²) in [6.07, 6.45) is 0. The third kappa shape index (κ3) is 3.64. The lowest BCUT2D eigenvalue weighted by Crippen LogP contribution is -2.20. The van der Waals surface area contributed by atoms with E-state index in [1.165, 1.54) is 0 Å². The van der Waals surface area contributed by atoms with E-state index in [1.807, 2.05) is 66.9 Å². The van der Waals surface area contributed by atoms with Crippen molar-refractivity contribution in [3.63, 3.8) is 0 Å². The second-order valence-electron chi connectivity index (χ2n) is 8.53. The van der Waals surface area contributed by atoms with E-state index >= 15 is 0 Å². The Hall–Kier alpha value is -4.11. The molecule has 0 aliphatic carbocycles. The Morgan fingerprint density at radius 1 is 0.971 bits per heavy atom. The fourth-order valence-corrected chi connectivity index (χ4v) is 5.27. The number of pyridine rings is 2. The van der Waals surface area contributed by atoms with Gasteiger partial charge in [-0.15, -0.1) is 5.10 Å². The van der Waals surface area contributed by atoms with Crippen molar-refractivity contribution in [2.24, 2.45) is 0 Å². The van der Waals surface area contributed by atoms with Crippen molar-refractivity contribution >= 4 is 37.7 Å². The standard InChI is InChI=1S/C26H20BrN7O/c1-14-11-22-17(15(2)28-14)8-10-23(35)34(22)13-16-7-9-21-20(12-16)24(27)25(29-21)18-5-3-4-6-19(18)26-30-32-33-31-26/h3-12,29H,13H2,1-2H3,(H,30,31,32,33). The maximum absolute atomic E-state index is 12.8. The lowest BCUT2D eigenvalue weighted by molar-refractivity contribution is 0.793. The quantitative estimate of drug-likeness (QED) is 0.331. The molecule has 0 bridgehead atoms. The van der Waals surface area contributed by atoms with Crippen molar-refractivity contribution < 1.29 is 0 Å². The van der Waals surface area contributed by atoms with Gasteiger partial charge in [0.25, 0.3) is 5.56 Å². The number of aromatic nitrogens is 7. The topological polar surface area (TPSA) is 105 Å². The Kier molecular flexibility index (Phi) is 5.07. The van der Waals surface area contributed by atoms with Gasteiger partial charge in [-0.05, 0) is 70.0 Å². The minimum absolute atomic E-state index is 0.0361. The fourth-order valence-electron chi connectivity index (χ4n) is 4.63. The first kappa shape index (κ1) is 21.4. The van der Waals surface area contributed by atoms with Gasteiger partial charge in [-0.2, -0.15) is 0 Å². The molecular weight excluding hydrogens is 506 g/mol. The van der Waals surface area contributed by atoms with Crippen LogP contribution in [-0.4, -0.2) is 35.2 Å². The van der Waals surface area contributed by atoms with Crippen molar-refractivity contribution in [3.8, 4) is 22.6 Å². The van der Waals surface area contributed by atoms with Gasteiger partial charge in [0.1, 0.15) is 0 Å². The monoisotopic (exact) mass is 525 g/mol. The normalized spacial score (nSPS) is 11.5. The summed E-state index contributed by atoms with van der Waals surface area (Å²) < 4.78 is 2.75. The zero-order chi connectivity index (χ0) is 24.1. The highest BCUT2D eigenvalue weighted by Gasteiger charge is 2.17. The molecule has 0 saturated carbocycles. The molecule has 4 heterocycles. The number of tetrazole rings is 1. The maximum atomic E-state index is 12.8. The van der Waals surface area contributed by atoms with Crippen molar-refractivity contribution in [1.29, 1.82) is 0 Å². The Labute approximate surface area is 208 Å². The number of hydrogen-bond acceptors (Lipinski definition) is 5. The van der Waals surface area contributed by atoms with Gasteiger partial charge in [-0.3, -0.25) is 9.78 Å². The van der Waals surface area contributed by atoms with Crippen LogP contribution in [0.4, 0.5) is 0 Å². The molecule has 0 atom stereocenters. The molecule has 2 N–H and O–H groups in total. The van der Waals surface area contributed by atoms with E-state index in [0.717, 1.165) is 60.1 Å². The largest absolute Gasteiger partial charge is 0.354 e. The van der Waals surface area contributed by atoms with E-state index in [2.05, 4.69) is 52.6 Å². The number of rotatable bonds is 4. The second-order valence-corrected chi connectivity index (χ2v) is 9.32. The first-order valence-electron chi connectivity index (χ1n) is 11.1. The van der Waals surface area contributed by atoms with Gasteiger partial charge in [-0.1, -0.05) is 30.3 Å². The summed E-state index contributed by atoms with van der Waals surface area (Å²) in [5, 5.41) is 16.4. The fraction of sp³-hybridized carbons (Fsp3) is 0.115. The molecule has 0 radical (unpaired) electrons. The van der Waals surface area contributed by atoms with E-state index in [0.29, 0.717) is 12.4 Å². The van der Waals surface area contributed by atoms with Crippen LogP contribution in [0.1, 0.15) is 17.0 Å². The second kappa shape index (κ2) is 8.28. The SMILES string of the molecule is Cc1cc2c(ccc(=O)n2Cc2ccc3[nH]c(-c4ccccc4-c4nnn[nH]4)c(Br)c3c2)c(C)n1. The molecule has 0 aliphatic rings. The van der Waals surface area contributed by atoms with Crippen LogP contribution in [0.15, 0.2) is 69.9 Å². The molecule has 0 fully saturated rings. The first-order chi connectivity index (χ1) is 17.0. The van der Waals surface area contributed by atoms with Gasteiger partial charge >= 0.3 is 0 Å². The number of H-pyrrole nitrogens is 2. The number of benzene rings is 2. The van der Waals surface area contributed by atoms with Crippen molar-refractivity contribution in [3.05, 3.63) is 92.4 Å². The van der Waals surface area contributed by atoms with Crippen LogP contribution in [0.5, 0.6) is 0 Å². The number of aryl methyl sites for hydroxylation is 2. The number of aromatic amines is 2. The van der Waals surface area contributed by atoms with E-state index in [4.69, 9.17) is 0 Å². The molecular formula is C26H20BrN7O. The third-order valence-electron chi connectivity index (χ3n) is 6.24. The first-order valence-corrected chi connectivity index (χ1v) is 11.9. The van der Waals surface area contributed by atoms with Crippen LogP contribution in [-0.2, 0) is 6.54 Å². The van der Waals surface area contributed by atoms with Crippen LogP contribution in [0.25, 0.3) is 44.5 Å². The number of hydrogen-bond donors (Lipinski definition) is 2. The summed E-state index contributed by atoms with van der Waals surface area (Å²) in [7, 11) is 0. The van der Waals surface area contributed by atoms with E-state index in [-0.39, 0.29) is 5.56 Å². The average Bonchev–Trinajstić information content (AvgIpc) is 3.49.